The molecule has 0 aliphatic carbocycles. The summed E-state index contributed by atoms with van der Waals surface area (Å²) in [5, 5.41) is 5.67. The van der Waals surface area contributed by atoms with E-state index < -0.39 is 10.0 Å². The van der Waals surface area contributed by atoms with Crippen molar-refractivity contribution in [3.63, 3.8) is 0 Å². The van der Waals surface area contributed by atoms with Gasteiger partial charge in [-0.3, -0.25) is 10.1 Å². The summed E-state index contributed by atoms with van der Waals surface area (Å²) >= 11 is 5.24. The van der Waals surface area contributed by atoms with Gasteiger partial charge in [-0.15, -0.1) is 0 Å². The van der Waals surface area contributed by atoms with Crippen LogP contribution in [-0.4, -0.2) is 43.4 Å². The quantitative estimate of drug-likeness (QED) is 0.561. The molecule has 9 heteroatoms. The van der Waals surface area contributed by atoms with Crippen LogP contribution in [0.25, 0.3) is 0 Å². The molecule has 1 fully saturated rings. The summed E-state index contributed by atoms with van der Waals surface area (Å²) in [7, 11) is -3.46. The maximum absolute atomic E-state index is 12.6. The minimum atomic E-state index is -3.46. The van der Waals surface area contributed by atoms with E-state index in [9.17, 15) is 13.2 Å². The number of benzene rings is 2. The third-order valence-electron chi connectivity index (χ3n) is 5.10. The SMILES string of the molecule is CC(C)CCOc1cccc(C(=O)NC(=S)Nc2ccc(S(=O)(=O)N3CCCC3)cc2)c1. The first-order chi connectivity index (χ1) is 15.3. The predicted molar refractivity (Wildman–Crippen MR) is 130 cm³/mol. The number of thiocarbonyl (C=S) groups is 1. The Morgan fingerprint density at radius 2 is 1.81 bits per heavy atom. The van der Waals surface area contributed by atoms with Gasteiger partial charge in [0.25, 0.3) is 5.91 Å². The van der Waals surface area contributed by atoms with Crippen LogP contribution < -0.4 is 15.4 Å². The lowest BCUT2D eigenvalue weighted by Gasteiger charge is -2.16. The lowest BCUT2D eigenvalue weighted by molar-refractivity contribution is 0.0977. The fourth-order valence-corrected chi connectivity index (χ4v) is 4.99. The fraction of sp³-hybridized carbons (Fsp3) is 0.391. The minimum Gasteiger partial charge on any atom is -0.494 e. The molecule has 1 amide bonds. The van der Waals surface area contributed by atoms with Crippen molar-refractivity contribution in [2.45, 2.75) is 38.0 Å². The van der Waals surface area contributed by atoms with Crippen molar-refractivity contribution in [3.05, 3.63) is 54.1 Å². The van der Waals surface area contributed by atoms with Crippen LogP contribution >= 0.6 is 12.2 Å². The highest BCUT2D eigenvalue weighted by Gasteiger charge is 2.26. The number of rotatable bonds is 8. The van der Waals surface area contributed by atoms with Crippen molar-refractivity contribution >= 4 is 38.9 Å². The summed E-state index contributed by atoms with van der Waals surface area (Å²) in [6.07, 6.45) is 2.71. The number of ether oxygens (including phenoxy) is 1. The predicted octanol–water partition coefficient (Wildman–Crippen LogP) is 4.02. The van der Waals surface area contributed by atoms with Gasteiger partial charge in [0.05, 0.1) is 11.5 Å². The molecule has 7 nitrogen and oxygen atoms in total. The maximum atomic E-state index is 12.6. The Balaban J connectivity index is 1.55. The Bertz CT molecular complexity index is 1050. The van der Waals surface area contributed by atoms with Crippen LogP contribution in [0.4, 0.5) is 5.69 Å². The molecule has 0 bridgehead atoms. The molecule has 1 aliphatic heterocycles. The van der Waals surface area contributed by atoms with Gasteiger partial charge in [-0.1, -0.05) is 19.9 Å². The second-order valence-electron chi connectivity index (χ2n) is 8.10. The standard InChI is InChI=1S/C23H29N3O4S2/c1-17(2)12-15-30-20-7-5-6-18(16-20)22(27)25-23(31)24-19-8-10-21(11-9-19)32(28,29)26-13-3-4-14-26/h5-11,16-17H,3-4,12-15H2,1-2H3,(H2,24,25,27,31). The van der Waals surface area contributed by atoms with Crippen molar-refractivity contribution in [1.82, 2.24) is 9.62 Å². The first-order valence-corrected chi connectivity index (χ1v) is 12.6. The zero-order valence-electron chi connectivity index (χ0n) is 18.3. The van der Waals surface area contributed by atoms with Gasteiger partial charge >= 0.3 is 0 Å². The monoisotopic (exact) mass is 475 g/mol. The Labute approximate surface area is 195 Å². The number of amides is 1. The zero-order chi connectivity index (χ0) is 23.1. The van der Waals surface area contributed by atoms with Gasteiger partial charge in [0.15, 0.2) is 5.11 Å². The number of nitrogens with one attached hydrogen (secondary N) is 2. The topological polar surface area (TPSA) is 87.7 Å². The van der Waals surface area contributed by atoms with Gasteiger partial charge in [0, 0.05) is 24.3 Å². The average molecular weight is 476 g/mol. The van der Waals surface area contributed by atoms with Crippen LogP contribution in [0.1, 0.15) is 43.5 Å². The Hall–Kier alpha value is -2.49. The molecular weight excluding hydrogens is 446 g/mol. The molecule has 0 saturated carbocycles. The highest BCUT2D eigenvalue weighted by atomic mass is 32.2. The second kappa shape index (κ2) is 10.9. The molecule has 1 heterocycles. The summed E-state index contributed by atoms with van der Waals surface area (Å²) in [6.45, 7) is 5.96. The van der Waals surface area contributed by atoms with Gasteiger partial charge < -0.3 is 10.1 Å². The van der Waals surface area contributed by atoms with Crippen molar-refractivity contribution < 1.29 is 17.9 Å². The van der Waals surface area contributed by atoms with Crippen molar-refractivity contribution in [1.29, 1.82) is 0 Å². The van der Waals surface area contributed by atoms with Crippen LogP contribution in [0.2, 0.25) is 0 Å². The summed E-state index contributed by atoms with van der Waals surface area (Å²) in [6, 6.07) is 13.3. The molecule has 0 spiro atoms. The van der Waals surface area contributed by atoms with E-state index in [4.69, 9.17) is 17.0 Å². The molecule has 172 valence electrons. The molecule has 0 unspecified atom stereocenters. The summed E-state index contributed by atoms with van der Waals surface area (Å²) in [5.41, 5.74) is 1.02. The molecule has 0 atom stereocenters. The van der Waals surface area contributed by atoms with E-state index in [-0.39, 0.29) is 15.9 Å². The lowest BCUT2D eigenvalue weighted by Crippen LogP contribution is -2.34. The van der Waals surface area contributed by atoms with Crippen molar-refractivity contribution in [3.8, 4) is 5.75 Å². The molecule has 2 N–H and O–H groups in total. The molecule has 3 rings (SSSR count). The number of anilines is 1. The Morgan fingerprint density at radius 3 is 2.47 bits per heavy atom. The average Bonchev–Trinajstić information content (AvgIpc) is 3.30. The number of carbonyl (C=O) groups is 1. The highest BCUT2D eigenvalue weighted by molar-refractivity contribution is 7.89. The Kier molecular flexibility index (Phi) is 8.22. The number of sulfonamides is 1. The molecule has 1 saturated heterocycles. The van der Waals surface area contributed by atoms with Crippen LogP contribution in [0, 0.1) is 5.92 Å². The summed E-state index contributed by atoms with van der Waals surface area (Å²) in [5.74, 6) is 0.816. The molecule has 0 aromatic heterocycles. The maximum Gasteiger partial charge on any atom is 0.257 e. The normalized spacial score (nSPS) is 14.3. The third-order valence-corrected chi connectivity index (χ3v) is 7.22. The summed E-state index contributed by atoms with van der Waals surface area (Å²) < 4.78 is 32.4. The van der Waals surface area contributed by atoms with E-state index in [0.717, 1.165) is 19.3 Å². The number of carbonyl (C=O) groups excluding carboxylic acids is 1. The van der Waals surface area contributed by atoms with E-state index in [1.165, 1.54) is 4.31 Å². The number of hydrogen-bond donors (Lipinski definition) is 2. The molecule has 2 aromatic carbocycles. The van der Waals surface area contributed by atoms with Crippen molar-refractivity contribution in [2.75, 3.05) is 25.0 Å². The minimum absolute atomic E-state index is 0.122. The number of hydrogen-bond acceptors (Lipinski definition) is 5. The molecule has 2 aromatic rings. The van der Waals surface area contributed by atoms with E-state index >= 15 is 0 Å². The highest BCUT2D eigenvalue weighted by Crippen LogP contribution is 2.22. The second-order valence-corrected chi connectivity index (χ2v) is 10.4. The van der Waals surface area contributed by atoms with Gasteiger partial charge in [-0.2, -0.15) is 4.31 Å². The third kappa shape index (κ3) is 6.51. The van der Waals surface area contributed by atoms with E-state index in [0.29, 0.717) is 42.6 Å². The molecular formula is C23H29N3O4S2. The zero-order valence-corrected chi connectivity index (χ0v) is 20.0. The lowest BCUT2D eigenvalue weighted by atomic mass is 10.1. The number of nitrogens with zero attached hydrogens (tertiary/aromatic N) is 1. The van der Waals surface area contributed by atoms with Gasteiger partial charge in [-0.05, 0) is 79.9 Å². The first kappa shape index (κ1) is 24.2. The van der Waals surface area contributed by atoms with E-state index in [1.807, 2.05) is 6.07 Å². The Morgan fingerprint density at radius 1 is 1.12 bits per heavy atom. The molecule has 0 radical (unpaired) electrons. The van der Waals surface area contributed by atoms with E-state index in [2.05, 4.69) is 24.5 Å². The van der Waals surface area contributed by atoms with Gasteiger partial charge in [0.1, 0.15) is 5.75 Å². The fourth-order valence-electron chi connectivity index (χ4n) is 3.27. The van der Waals surface area contributed by atoms with Crippen molar-refractivity contribution in [2.24, 2.45) is 5.92 Å². The van der Waals surface area contributed by atoms with Crippen LogP contribution in [0.5, 0.6) is 5.75 Å². The molecule has 1 aliphatic rings. The van der Waals surface area contributed by atoms with Gasteiger partial charge in [-0.25, -0.2) is 8.42 Å². The van der Waals surface area contributed by atoms with Crippen LogP contribution in [0.15, 0.2) is 53.4 Å². The smallest absolute Gasteiger partial charge is 0.257 e. The van der Waals surface area contributed by atoms with Gasteiger partial charge in [0.2, 0.25) is 10.0 Å². The largest absolute Gasteiger partial charge is 0.494 e. The summed E-state index contributed by atoms with van der Waals surface area (Å²) in [4.78, 5) is 12.8. The van der Waals surface area contributed by atoms with Crippen LogP contribution in [0.3, 0.4) is 0 Å². The van der Waals surface area contributed by atoms with Crippen LogP contribution in [-0.2, 0) is 10.0 Å². The molecule has 32 heavy (non-hydrogen) atoms. The first-order valence-electron chi connectivity index (χ1n) is 10.7. The van der Waals surface area contributed by atoms with E-state index in [1.54, 1.807) is 42.5 Å².